The molecule has 1 aromatic carbocycles. The van der Waals surface area contributed by atoms with E-state index in [1.165, 1.54) is 0 Å². The second-order valence-electron chi connectivity index (χ2n) is 5.37. The Hall–Kier alpha value is -0.770. The van der Waals surface area contributed by atoms with Crippen molar-refractivity contribution in [3.63, 3.8) is 0 Å². The normalized spacial score (nSPS) is 20.1. The molecule has 2 rings (SSSR count). The molecule has 0 bridgehead atoms. The molecule has 0 aliphatic carbocycles. The van der Waals surface area contributed by atoms with Crippen LogP contribution in [0.25, 0.3) is 0 Å². The monoisotopic (exact) mass is 297 g/mol. The van der Waals surface area contributed by atoms with Gasteiger partial charge in [0.15, 0.2) is 0 Å². The number of para-hydroxylation sites is 1. The van der Waals surface area contributed by atoms with E-state index in [9.17, 15) is 0 Å². The average Bonchev–Trinajstić information content (AvgIpc) is 2.95. The van der Waals surface area contributed by atoms with Crippen molar-refractivity contribution in [2.24, 2.45) is 5.73 Å². The van der Waals surface area contributed by atoms with E-state index in [-0.39, 0.29) is 6.04 Å². The number of hydrogen-bond donors (Lipinski definition) is 1. The fraction of sp³-hybridized carbons (Fsp3) is 0.625. The topological polar surface area (TPSA) is 44.5 Å². The van der Waals surface area contributed by atoms with Crippen molar-refractivity contribution in [2.45, 2.75) is 51.2 Å². The van der Waals surface area contributed by atoms with Gasteiger partial charge < -0.3 is 15.2 Å². The predicted octanol–water partition coefficient (Wildman–Crippen LogP) is 3.57. The van der Waals surface area contributed by atoms with Crippen molar-refractivity contribution < 1.29 is 9.47 Å². The molecular weight excluding hydrogens is 274 g/mol. The van der Waals surface area contributed by atoms with Gasteiger partial charge in [-0.1, -0.05) is 30.7 Å². The van der Waals surface area contributed by atoms with Crippen molar-refractivity contribution in [1.29, 1.82) is 0 Å². The lowest BCUT2D eigenvalue weighted by Crippen LogP contribution is -2.22. The molecule has 1 aliphatic heterocycles. The highest BCUT2D eigenvalue weighted by Gasteiger charge is 2.16. The van der Waals surface area contributed by atoms with Gasteiger partial charge in [-0.05, 0) is 37.3 Å². The van der Waals surface area contributed by atoms with Crippen LogP contribution in [0.4, 0.5) is 0 Å². The molecule has 1 fully saturated rings. The van der Waals surface area contributed by atoms with Crippen molar-refractivity contribution >= 4 is 11.6 Å². The van der Waals surface area contributed by atoms with E-state index in [4.69, 9.17) is 26.8 Å². The van der Waals surface area contributed by atoms with Crippen LogP contribution in [0.3, 0.4) is 0 Å². The summed E-state index contributed by atoms with van der Waals surface area (Å²) in [5, 5.41) is 0.665. The van der Waals surface area contributed by atoms with E-state index < -0.39 is 0 Å². The summed E-state index contributed by atoms with van der Waals surface area (Å²) in [7, 11) is 0. The van der Waals surface area contributed by atoms with Crippen LogP contribution in [0, 0.1) is 0 Å². The maximum absolute atomic E-state index is 6.25. The summed E-state index contributed by atoms with van der Waals surface area (Å²) in [4.78, 5) is 0. The molecule has 112 valence electrons. The smallest absolute Gasteiger partial charge is 0.141 e. The summed E-state index contributed by atoms with van der Waals surface area (Å²) in [6, 6.07) is 6.01. The number of nitrogens with two attached hydrogens (primary N) is 1. The summed E-state index contributed by atoms with van der Waals surface area (Å²) in [6.07, 6.45) is 5.31. The Kier molecular flexibility index (Phi) is 6.14. The lowest BCUT2D eigenvalue weighted by atomic mass is 10.0. The Balaban J connectivity index is 1.94. The number of rotatable bonds is 7. The van der Waals surface area contributed by atoms with E-state index in [0.29, 0.717) is 17.7 Å². The molecule has 3 nitrogen and oxygen atoms in total. The lowest BCUT2D eigenvalue weighted by Gasteiger charge is -2.17. The molecule has 1 aromatic rings. The highest BCUT2D eigenvalue weighted by molar-refractivity contribution is 6.32. The largest absolute Gasteiger partial charge is 0.492 e. The molecule has 0 spiro atoms. The van der Waals surface area contributed by atoms with Crippen LogP contribution < -0.4 is 10.5 Å². The van der Waals surface area contributed by atoms with Gasteiger partial charge in [-0.3, -0.25) is 0 Å². The van der Waals surface area contributed by atoms with Crippen LogP contribution in [0.15, 0.2) is 18.2 Å². The zero-order chi connectivity index (χ0) is 14.4. The summed E-state index contributed by atoms with van der Waals surface area (Å²) in [5.74, 6) is 0.788. The Morgan fingerprint density at radius 2 is 2.35 bits per heavy atom. The maximum atomic E-state index is 6.25. The zero-order valence-electron chi connectivity index (χ0n) is 12.1. The zero-order valence-corrected chi connectivity index (χ0v) is 12.9. The minimum atomic E-state index is 0.147. The van der Waals surface area contributed by atoms with Crippen molar-refractivity contribution in [2.75, 3.05) is 13.2 Å². The molecule has 0 amide bonds. The molecule has 1 aliphatic rings. The standard InChI is InChI=1S/C16H24ClNO2/c1-2-13(18)11-12-5-3-7-15(17)16(12)20-10-8-14-6-4-9-19-14/h3,5,7,13-14H,2,4,6,8-11,18H2,1H3. The molecular formula is C16H24ClNO2. The fourth-order valence-electron chi connectivity index (χ4n) is 2.47. The Labute approximate surface area is 126 Å². The first kappa shape index (κ1) is 15.6. The van der Waals surface area contributed by atoms with Crippen LogP contribution in [-0.4, -0.2) is 25.4 Å². The number of benzene rings is 1. The van der Waals surface area contributed by atoms with Crippen LogP contribution in [0.1, 0.15) is 38.2 Å². The number of hydrogen-bond acceptors (Lipinski definition) is 3. The van der Waals surface area contributed by atoms with Crippen molar-refractivity contribution in [3.05, 3.63) is 28.8 Å². The first-order valence-electron chi connectivity index (χ1n) is 7.48. The first-order chi connectivity index (χ1) is 9.70. The molecule has 0 saturated carbocycles. The number of halogens is 1. The quantitative estimate of drug-likeness (QED) is 0.837. The predicted molar refractivity (Wildman–Crippen MR) is 82.5 cm³/mol. The van der Waals surface area contributed by atoms with Crippen LogP contribution >= 0.6 is 11.6 Å². The first-order valence-corrected chi connectivity index (χ1v) is 7.86. The third-order valence-corrected chi connectivity index (χ3v) is 4.06. The molecule has 4 heteroatoms. The third-order valence-electron chi connectivity index (χ3n) is 3.77. The molecule has 20 heavy (non-hydrogen) atoms. The van der Waals surface area contributed by atoms with Gasteiger partial charge in [0.25, 0.3) is 0 Å². The molecule has 2 unspecified atom stereocenters. The summed E-state index contributed by atoms with van der Waals surface area (Å²) in [5.41, 5.74) is 7.13. The Bertz CT molecular complexity index is 419. The molecule has 2 N–H and O–H groups in total. The molecule has 1 saturated heterocycles. The molecule has 0 aromatic heterocycles. The van der Waals surface area contributed by atoms with Gasteiger partial charge in [0.1, 0.15) is 5.75 Å². The average molecular weight is 298 g/mol. The molecule has 1 heterocycles. The maximum Gasteiger partial charge on any atom is 0.141 e. The van der Waals surface area contributed by atoms with Crippen LogP contribution in [0.5, 0.6) is 5.75 Å². The van der Waals surface area contributed by atoms with Crippen LogP contribution in [-0.2, 0) is 11.2 Å². The van der Waals surface area contributed by atoms with Crippen LogP contribution in [0.2, 0.25) is 5.02 Å². The van der Waals surface area contributed by atoms with Gasteiger partial charge in [0.2, 0.25) is 0 Å². The van der Waals surface area contributed by atoms with Crippen molar-refractivity contribution in [1.82, 2.24) is 0 Å². The van der Waals surface area contributed by atoms with E-state index in [1.807, 2.05) is 18.2 Å². The summed E-state index contributed by atoms with van der Waals surface area (Å²) >= 11 is 6.25. The minimum absolute atomic E-state index is 0.147. The summed E-state index contributed by atoms with van der Waals surface area (Å²) in [6.45, 7) is 3.61. The van der Waals surface area contributed by atoms with E-state index in [0.717, 1.165) is 50.0 Å². The Morgan fingerprint density at radius 1 is 1.50 bits per heavy atom. The highest BCUT2D eigenvalue weighted by atomic mass is 35.5. The van der Waals surface area contributed by atoms with Gasteiger partial charge in [0.05, 0.1) is 17.7 Å². The Morgan fingerprint density at radius 3 is 3.05 bits per heavy atom. The third kappa shape index (κ3) is 4.37. The van der Waals surface area contributed by atoms with Gasteiger partial charge in [-0.25, -0.2) is 0 Å². The van der Waals surface area contributed by atoms with Gasteiger partial charge in [0, 0.05) is 19.1 Å². The minimum Gasteiger partial charge on any atom is -0.492 e. The second-order valence-corrected chi connectivity index (χ2v) is 5.78. The summed E-state index contributed by atoms with van der Waals surface area (Å²) < 4.78 is 11.5. The SMILES string of the molecule is CCC(N)Cc1cccc(Cl)c1OCCC1CCCO1. The van der Waals surface area contributed by atoms with Gasteiger partial charge >= 0.3 is 0 Å². The van der Waals surface area contributed by atoms with E-state index in [2.05, 4.69) is 6.92 Å². The van der Waals surface area contributed by atoms with E-state index >= 15 is 0 Å². The molecule has 2 atom stereocenters. The number of ether oxygens (including phenoxy) is 2. The lowest BCUT2D eigenvalue weighted by molar-refractivity contribution is 0.0902. The highest BCUT2D eigenvalue weighted by Crippen LogP contribution is 2.30. The second kappa shape index (κ2) is 7.87. The van der Waals surface area contributed by atoms with E-state index in [1.54, 1.807) is 0 Å². The van der Waals surface area contributed by atoms with Gasteiger partial charge in [-0.2, -0.15) is 0 Å². The fourth-order valence-corrected chi connectivity index (χ4v) is 2.72. The van der Waals surface area contributed by atoms with Gasteiger partial charge in [-0.15, -0.1) is 0 Å². The van der Waals surface area contributed by atoms with Crippen molar-refractivity contribution in [3.8, 4) is 5.75 Å². The molecule has 0 radical (unpaired) electrons.